The fourth-order valence-electron chi connectivity index (χ4n) is 1.39. The van der Waals surface area contributed by atoms with Crippen LogP contribution in [0.25, 0.3) is 0 Å². The van der Waals surface area contributed by atoms with Crippen molar-refractivity contribution in [3.8, 4) is 17.2 Å². The molecule has 1 atom stereocenters. The predicted octanol–water partition coefficient (Wildman–Crippen LogP) is -0.656. The first-order chi connectivity index (χ1) is 9.00. The van der Waals surface area contributed by atoms with Crippen molar-refractivity contribution in [2.75, 3.05) is 5.73 Å². The molecule has 1 unspecified atom stereocenters. The van der Waals surface area contributed by atoms with Crippen molar-refractivity contribution in [1.29, 1.82) is 0 Å². The second kappa shape index (κ2) is 5.04. The van der Waals surface area contributed by atoms with Gasteiger partial charge in [0.2, 0.25) is 5.72 Å². The maximum atomic E-state index is 11.8. The van der Waals surface area contributed by atoms with Gasteiger partial charge in [-0.3, -0.25) is 10.5 Å². The number of halogens is 1. The number of hydrogen-bond acceptors (Lipinski definition) is 8. The highest BCUT2D eigenvalue weighted by Crippen LogP contribution is 2.47. The third-order valence-corrected chi connectivity index (χ3v) is 2.84. The Balaban J connectivity index is 3.35. The van der Waals surface area contributed by atoms with Gasteiger partial charge in [-0.1, -0.05) is 11.6 Å². The highest BCUT2D eigenvalue weighted by Gasteiger charge is 2.36. The number of benzene rings is 1. The van der Waals surface area contributed by atoms with Gasteiger partial charge in [-0.25, -0.2) is 4.79 Å². The number of hydrogen-bond donors (Lipinski definition) is 7. The molecule has 9 N–H and O–H groups in total. The number of nitrogens with two attached hydrogens (primary N) is 2. The van der Waals surface area contributed by atoms with Gasteiger partial charge in [0.25, 0.3) is 0 Å². The van der Waals surface area contributed by atoms with E-state index in [1.165, 1.54) is 0 Å². The van der Waals surface area contributed by atoms with Crippen molar-refractivity contribution in [3.63, 3.8) is 0 Å². The van der Waals surface area contributed by atoms with Crippen molar-refractivity contribution >= 4 is 29.0 Å². The molecule has 9 nitrogen and oxygen atoms in total. The van der Waals surface area contributed by atoms with Gasteiger partial charge < -0.3 is 31.3 Å². The zero-order valence-corrected chi connectivity index (χ0v) is 10.5. The Bertz CT molecular complexity index is 571. The van der Waals surface area contributed by atoms with Crippen molar-refractivity contribution in [1.82, 2.24) is 0 Å². The number of carbonyl (C=O) groups is 2. The Morgan fingerprint density at radius 3 is 2.10 bits per heavy atom. The third kappa shape index (κ3) is 2.54. The summed E-state index contributed by atoms with van der Waals surface area (Å²) in [4.78, 5) is 22.4. The first-order valence-corrected chi connectivity index (χ1v) is 5.38. The van der Waals surface area contributed by atoms with Crippen LogP contribution in [0.3, 0.4) is 0 Å². The zero-order chi connectivity index (χ0) is 15.8. The molecular weight excluding hydrogens is 296 g/mol. The van der Waals surface area contributed by atoms with E-state index in [4.69, 9.17) is 28.2 Å². The first kappa shape index (κ1) is 15.8. The maximum absolute atomic E-state index is 11.8. The summed E-state index contributed by atoms with van der Waals surface area (Å²) in [6, 6.07) is 0. The minimum absolute atomic E-state index is 0.683. The lowest BCUT2D eigenvalue weighted by molar-refractivity contribution is -0.157. The lowest BCUT2D eigenvalue weighted by Gasteiger charge is -2.18. The van der Waals surface area contributed by atoms with Gasteiger partial charge in [-0.05, 0) is 0 Å². The smallest absolute Gasteiger partial charge is 0.351 e. The van der Waals surface area contributed by atoms with E-state index in [2.05, 4.69) is 0 Å². The molecule has 1 aromatic carbocycles. The van der Waals surface area contributed by atoms with Gasteiger partial charge in [0, 0.05) is 0 Å². The summed E-state index contributed by atoms with van der Waals surface area (Å²) >= 11 is 5.43. The van der Waals surface area contributed by atoms with Gasteiger partial charge in [-0.2, -0.15) is 0 Å². The number of anilines is 1. The molecule has 0 spiro atoms. The molecule has 0 saturated heterocycles. The van der Waals surface area contributed by atoms with Crippen LogP contribution in [0, 0.1) is 0 Å². The Labute approximate surface area is 116 Å². The summed E-state index contributed by atoms with van der Waals surface area (Å²) in [6.07, 6.45) is -1.15. The molecule has 0 aliphatic rings. The largest absolute Gasteiger partial charge is 0.504 e. The summed E-state index contributed by atoms with van der Waals surface area (Å²) in [5.41, 5.74) is 5.94. The maximum Gasteiger partial charge on any atom is 0.351 e. The van der Waals surface area contributed by atoms with Crippen LogP contribution in [0.5, 0.6) is 17.2 Å². The summed E-state index contributed by atoms with van der Waals surface area (Å²) in [5.74, 6) is -6.05. The Morgan fingerprint density at radius 1 is 1.15 bits per heavy atom. The molecule has 0 aliphatic heterocycles. The molecule has 0 fully saturated rings. The van der Waals surface area contributed by atoms with E-state index in [0.717, 1.165) is 0 Å². The highest BCUT2D eigenvalue weighted by atomic mass is 35.5. The number of aliphatic carboxylic acids is 1. The average molecular weight is 307 g/mol. The number of aliphatic hydroxyl groups is 1. The number of phenols is 3. The summed E-state index contributed by atoms with van der Waals surface area (Å²) in [6.45, 7) is 0. The number of Topliss-reactive ketones (excluding diaryl/α,β-unsaturated/α-hetero) is 1. The first-order valence-electron chi connectivity index (χ1n) is 5.00. The molecule has 0 amide bonds. The monoisotopic (exact) mass is 306 g/mol. The Kier molecular flexibility index (Phi) is 3.99. The molecule has 1 rings (SSSR count). The predicted molar refractivity (Wildman–Crippen MR) is 66.6 cm³/mol. The number of carboxylic acids is 1. The molecule has 0 heterocycles. The third-order valence-electron chi connectivity index (χ3n) is 2.48. The summed E-state index contributed by atoms with van der Waals surface area (Å²) < 4.78 is 0. The number of phenolic OH excluding ortho intramolecular Hbond substituents is 3. The van der Waals surface area contributed by atoms with E-state index in [1.54, 1.807) is 0 Å². The Hall–Kier alpha value is -2.23. The molecule has 1 aromatic rings. The standard InChI is InChI=1S/C10H11ClN2O7/c11-4-7(16)5(12)3(6(15)8(4)17)2(14)1-10(13,20)9(18)19/h15-17,20H,1,12-13H2,(H,18,19). The highest BCUT2D eigenvalue weighted by molar-refractivity contribution is 6.34. The molecule has 0 aliphatic carbocycles. The second-order valence-corrected chi connectivity index (χ2v) is 4.36. The molecule has 10 heteroatoms. The molecule has 110 valence electrons. The lowest BCUT2D eigenvalue weighted by Crippen LogP contribution is -2.49. The molecule has 0 radical (unpaired) electrons. The van der Waals surface area contributed by atoms with Crippen LogP contribution in [0.1, 0.15) is 16.8 Å². The van der Waals surface area contributed by atoms with Crippen LogP contribution in [-0.4, -0.2) is 43.0 Å². The number of ketones is 1. The van der Waals surface area contributed by atoms with Crippen LogP contribution in [0.2, 0.25) is 5.02 Å². The van der Waals surface area contributed by atoms with Gasteiger partial charge >= 0.3 is 5.97 Å². The van der Waals surface area contributed by atoms with Crippen molar-refractivity contribution < 1.29 is 35.1 Å². The normalized spacial score (nSPS) is 13.8. The molecule has 0 saturated carbocycles. The SMILES string of the molecule is Nc1c(O)c(Cl)c(O)c(O)c1C(=O)CC(N)(O)C(=O)O. The summed E-state index contributed by atoms with van der Waals surface area (Å²) in [7, 11) is 0. The fraction of sp³-hybridized carbons (Fsp3) is 0.200. The topological polar surface area (TPSA) is 187 Å². The molecule has 0 bridgehead atoms. The van der Waals surface area contributed by atoms with Gasteiger partial charge in [0.05, 0.1) is 17.7 Å². The Morgan fingerprint density at radius 2 is 1.65 bits per heavy atom. The summed E-state index contributed by atoms with van der Waals surface area (Å²) in [5, 5.41) is 45.6. The second-order valence-electron chi connectivity index (χ2n) is 3.98. The van der Waals surface area contributed by atoms with Crippen molar-refractivity contribution in [2.45, 2.75) is 12.1 Å². The van der Waals surface area contributed by atoms with Gasteiger partial charge in [0.1, 0.15) is 5.02 Å². The number of nitrogen functional groups attached to an aromatic ring is 1. The van der Waals surface area contributed by atoms with Gasteiger partial charge in [-0.15, -0.1) is 0 Å². The van der Waals surface area contributed by atoms with Crippen molar-refractivity contribution in [3.05, 3.63) is 10.6 Å². The van der Waals surface area contributed by atoms with Crippen LogP contribution in [-0.2, 0) is 4.79 Å². The molecular formula is C10H11ClN2O7. The van der Waals surface area contributed by atoms with E-state index < -0.39 is 57.4 Å². The average Bonchev–Trinajstić information content (AvgIpc) is 2.33. The molecule has 0 aromatic heterocycles. The quantitative estimate of drug-likeness (QED) is 0.124. The molecule has 20 heavy (non-hydrogen) atoms. The van der Waals surface area contributed by atoms with Crippen molar-refractivity contribution in [2.24, 2.45) is 5.73 Å². The van der Waals surface area contributed by atoms with Crippen LogP contribution < -0.4 is 11.5 Å². The van der Waals surface area contributed by atoms with Crippen LogP contribution in [0.4, 0.5) is 5.69 Å². The zero-order valence-electron chi connectivity index (χ0n) is 9.79. The number of aromatic hydroxyl groups is 3. The fourth-order valence-corrected chi connectivity index (χ4v) is 1.58. The van der Waals surface area contributed by atoms with Crippen LogP contribution in [0.15, 0.2) is 0 Å². The van der Waals surface area contributed by atoms with E-state index in [1.807, 2.05) is 0 Å². The van der Waals surface area contributed by atoms with E-state index in [0.29, 0.717) is 0 Å². The van der Waals surface area contributed by atoms with Gasteiger partial charge in [0.15, 0.2) is 23.0 Å². The minimum Gasteiger partial charge on any atom is -0.504 e. The van der Waals surface area contributed by atoms with E-state index in [9.17, 15) is 30.0 Å². The minimum atomic E-state index is -2.90. The lowest BCUT2D eigenvalue weighted by atomic mass is 9.98. The number of carbonyl (C=O) groups excluding carboxylic acids is 1. The number of rotatable bonds is 4. The van der Waals surface area contributed by atoms with E-state index in [-0.39, 0.29) is 0 Å². The number of carboxylic acid groups (broad SMARTS) is 1. The van der Waals surface area contributed by atoms with E-state index >= 15 is 0 Å². The van der Waals surface area contributed by atoms with Crippen LogP contribution >= 0.6 is 11.6 Å².